The van der Waals surface area contributed by atoms with Gasteiger partial charge in [-0.05, 0) is 32.3 Å². The van der Waals surface area contributed by atoms with Crippen molar-refractivity contribution in [2.45, 2.75) is 45.2 Å². The lowest BCUT2D eigenvalue weighted by molar-refractivity contribution is -0.140. The van der Waals surface area contributed by atoms with Gasteiger partial charge in [-0.1, -0.05) is 11.6 Å². The number of benzene rings is 1. The number of hydrogen-bond acceptors (Lipinski definition) is 7. The Morgan fingerprint density at radius 1 is 1.18 bits per heavy atom. The number of fused-ring (bicyclic) bond motifs is 1. The lowest BCUT2D eigenvalue weighted by Crippen LogP contribution is -2.29. The second-order valence-electron chi connectivity index (χ2n) is 7.13. The maximum Gasteiger partial charge on any atom is 0.534 e. The number of halogens is 6. The Balaban J connectivity index is 2.79. The number of esters is 2. The number of cyclic esters (lactones) is 1. The molecule has 1 heterocycles. The Morgan fingerprint density at radius 2 is 1.79 bits per heavy atom. The van der Waals surface area contributed by atoms with E-state index in [1.54, 1.807) is 0 Å². The van der Waals surface area contributed by atoms with Crippen molar-refractivity contribution in [3.05, 3.63) is 45.5 Å². The molecule has 0 saturated carbocycles. The predicted octanol–water partition coefficient (Wildman–Crippen LogP) is 4.87. The van der Waals surface area contributed by atoms with Crippen LogP contribution in [-0.4, -0.2) is 33.0 Å². The summed E-state index contributed by atoms with van der Waals surface area (Å²) in [5.41, 5.74) is -8.50. The first-order valence-corrected chi connectivity index (χ1v) is 10.8. The zero-order valence-electron chi connectivity index (χ0n) is 17.9. The van der Waals surface area contributed by atoms with Crippen molar-refractivity contribution in [2.24, 2.45) is 0 Å². The fraction of sp³-hybridized carbons (Fsp3) is 0.400. The summed E-state index contributed by atoms with van der Waals surface area (Å²) < 4.78 is 117. The molecule has 14 heteroatoms. The van der Waals surface area contributed by atoms with Crippen molar-refractivity contribution in [2.75, 3.05) is 7.11 Å². The minimum absolute atomic E-state index is 0.0841. The van der Waals surface area contributed by atoms with Crippen molar-refractivity contribution < 1.29 is 58.0 Å². The van der Waals surface area contributed by atoms with Gasteiger partial charge in [0.1, 0.15) is 12.2 Å². The van der Waals surface area contributed by atoms with Crippen molar-refractivity contribution in [1.29, 1.82) is 0 Å². The number of carbonyl (C=O) groups excluding carboxylic acids is 2. The highest BCUT2D eigenvalue weighted by atomic mass is 32.2. The molecule has 0 N–H and O–H groups in total. The van der Waals surface area contributed by atoms with E-state index in [-0.39, 0.29) is 24.0 Å². The summed E-state index contributed by atoms with van der Waals surface area (Å²) in [5, 5.41) is 0. The number of carbonyl (C=O) groups is 2. The molecule has 0 unspecified atom stereocenters. The molecule has 0 aromatic heterocycles. The first kappa shape index (κ1) is 27.2. The lowest BCUT2D eigenvalue weighted by Gasteiger charge is -2.19. The molecule has 1 aliphatic heterocycles. The van der Waals surface area contributed by atoms with Crippen LogP contribution in [0.4, 0.5) is 26.3 Å². The molecule has 0 atom stereocenters. The van der Waals surface area contributed by atoms with Crippen LogP contribution in [0.1, 0.15) is 52.4 Å². The van der Waals surface area contributed by atoms with E-state index in [1.807, 2.05) is 0 Å². The first-order chi connectivity index (χ1) is 15.6. The van der Waals surface area contributed by atoms with Gasteiger partial charge in [0, 0.05) is 23.1 Å². The summed E-state index contributed by atoms with van der Waals surface area (Å²) in [6, 6.07) is 0. The van der Waals surface area contributed by atoms with E-state index >= 15 is 0 Å². The molecule has 1 aromatic rings. The SMILES string of the molecule is COC(=O)CC/C(C)=C/Cc1c(OS(=O)(=O)C(F)(F)F)c2c(c(C)c1C(F)=C(F)F)COC2=O. The normalized spacial score (nSPS) is 13.9. The van der Waals surface area contributed by atoms with E-state index in [0.717, 1.165) is 14.0 Å². The summed E-state index contributed by atoms with van der Waals surface area (Å²) in [6.07, 6.45) is -2.22. The largest absolute Gasteiger partial charge is 0.534 e. The molecule has 0 bridgehead atoms. The third kappa shape index (κ3) is 5.54. The Kier molecular flexibility index (Phi) is 8.06. The van der Waals surface area contributed by atoms with E-state index in [0.29, 0.717) is 5.57 Å². The molecule has 188 valence electrons. The first-order valence-electron chi connectivity index (χ1n) is 9.42. The fourth-order valence-corrected chi connectivity index (χ4v) is 3.69. The van der Waals surface area contributed by atoms with Crippen LogP contribution >= 0.6 is 0 Å². The van der Waals surface area contributed by atoms with Crippen LogP contribution in [0, 0.1) is 6.92 Å². The highest BCUT2D eigenvalue weighted by Gasteiger charge is 2.50. The topological polar surface area (TPSA) is 96.0 Å². The molecule has 2 rings (SSSR count). The Morgan fingerprint density at radius 3 is 2.32 bits per heavy atom. The quantitative estimate of drug-likeness (QED) is 0.160. The molecular weight excluding hydrogens is 498 g/mol. The molecule has 1 aliphatic rings. The molecule has 0 saturated heterocycles. The standard InChI is InChI=1S/C20H18F6O7S/c1-9(5-7-13(27)31-3)4-6-11-14(16(21)18(22)23)10(2)12-8-32-19(28)15(12)17(11)33-34(29,30)20(24,25)26/h4H,5-8H2,1-3H3/b9-4+. The van der Waals surface area contributed by atoms with Gasteiger partial charge < -0.3 is 13.7 Å². The smallest absolute Gasteiger partial charge is 0.469 e. The number of methoxy groups -OCH3 is 1. The molecule has 1 aromatic carbocycles. The van der Waals surface area contributed by atoms with Crippen molar-refractivity contribution >= 4 is 27.9 Å². The summed E-state index contributed by atoms with van der Waals surface area (Å²) >= 11 is 0. The molecule has 7 nitrogen and oxygen atoms in total. The second kappa shape index (κ2) is 10.1. The molecule has 0 fully saturated rings. The number of ether oxygens (including phenoxy) is 2. The molecular formula is C20H18F6O7S. The Labute approximate surface area is 190 Å². The number of rotatable bonds is 8. The average Bonchev–Trinajstić information content (AvgIpc) is 3.13. The van der Waals surface area contributed by atoms with Crippen LogP contribution in [0.2, 0.25) is 0 Å². The molecule has 0 spiro atoms. The van der Waals surface area contributed by atoms with Crippen LogP contribution in [-0.2, 0) is 37.4 Å². The number of alkyl halides is 3. The van der Waals surface area contributed by atoms with Gasteiger partial charge in [0.2, 0.25) is 0 Å². The van der Waals surface area contributed by atoms with Gasteiger partial charge in [-0.15, -0.1) is 0 Å². The molecule has 0 amide bonds. The molecule has 34 heavy (non-hydrogen) atoms. The van der Waals surface area contributed by atoms with E-state index in [1.165, 1.54) is 13.0 Å². The Hall–Kier alpha value is -3.03. The summed E-state index contributed by atoms with van der Waals surface area (Å²) in [7, 11) is -5.23. The minimum atomic E-state index is -6.37. The lowest BCUT2D eigenvalue weighted by atomic mass is 9.89. The average molecular weight is 516 g/mol. The van der Waals surface area contributed by atoms with Crippen molar-refractivity contribution in [3.63, 3.8) is 0 Å². The van der Waals surface area contributed by atoms with Crippen LogP contribution in [0.15, 0.2) is 17.7 Å². The highest BCUT2D eigenvalue weighted by Crippen LogP contribution is 2.44. The van der Waals surface area contributed by atoms with Crippen LogP contribution in [0.3, 0.4) is 0 Å². The maximum absolute atomic E-state index is 14.5. The predicted molar refractivity (Wildman–Crippen MR) is 105 cm³/mol. The van der Waals surface area contributed by atoms with Crippen LogP contribution < -0.4 is 4.18 Å². The van der Waals surface area contributed by atoms with Gasteiger partial charge in [-0.3, -0.25) is 4.79 Å². The third-order valence-corrected chi connectivity index (χ3v) is 5.90. The van der Waals surface area contributed by atoms with Crippen LogP contribution in [0.25, 0.3) is 5.83 Å². The molecule has 0 aliphatic carbocycles. The van der Waals surface area contributed by atoms with E-state index in [2.05, 4.69) is 8.92 Å². The van der Waals surface area contributed by atoms with Gasteiger partial charge in [-0.2, -0.15) is 30.4 Å². The Bertz CT molecular complexity index is 1180. The minimum Gasteiger partial charge on any atom is -0.469 e. The second-order valence-corrected chi connectivity index (χ2v) is 8.66. The molecule has 0 radical (unpaired) electrons. The summed E-state index contributed by atoms with van der Waals surface area (Å²) in [5.74, 6) is -5.25. The van der Waals surface area contributed by atoms with Gasteiger partial charge >= 0.3 is 33.6 Å². The van der Waals surface area contributed by atoms with Gasteiger partial charge in [0.15, 0.2) is 11.6 Å². The monoisotopic (exact) mass is 516 g/mol. The van der Waals surface area contributed by atoms with Gasteiger partial charge in [0.25, 0.3) is 0 Å². The van der Waals surface area contributed by atoms with Gasteiger partial charge in [-0.25, -0.2) is 9.18 Å². The number of hydrogen-bond donors (Lipinski definition) is 0. The zero-order valence-corrected chi connectivity index (χ0v) is 18.8. The van der Waals surface area contributed by atoms with E-state index < -0.39 is 74.9 Å². The van der Waals surface area contributed by atoms with Crippen molar-refractivity contribution in [1.82, 2.24) is 0 Å². The summed E-state index contributed by atoms with van der Waals surface area (Å²) in [4.78, 5) is 23.5. The fourth-order valence-electron chi connectivity index (χ4n) is 3.19. The zero-order chi connectivity index (χ0) is 26.0. The van der Waals surface area contributed by atoms with Crippen molar-refractivity contribution in [3.8, 4) is 5.75 Å². The van der Waals surface area contributed by atoms with Crippen LogP contribution in [0.5, 0.6) is 5.75 Å². The van der Waals surface area contributed by atoms with E-state index in [9.17, 15) is 44.3 Å². The van der Waals surface area contributed by atoms with E-state index in [4.69, 9.17) is 4.74 Å². The summed E-state index contributed by atoms with van der Waals surface area (Å²) in [6.45, 7) is 1.98. The van der Waals surface area contributed by atoms with Gasteiger partial charge in [0.05, 0.1) is 7.11 Å². The maximum atomic E-state index is 14.5. The number of allylic oxidation sites excluding steroid dienone is 2. The highest BCUT2D eigenvalue weighted by molar-refractivity contribution is 7.88. The third-order valence-electron chi connectivity index (χ3n) is 4.95.